The quantitative estimate of drug-likeness (QED) is 0.477. The summed E-state index contributed by atoms with van der Waals surface area (Å²) in [6.07, 6.45) is 1.21. The molecule has 3 aromatic rings. The van der Waals surface area contributed by atoms with Gasteiger partial charge in [-0.1, -0.05) is 54.1 Å². The SMILES string of the molecule is Cc1cccc(C)c1N(Cc1ccc(C(=O)N(C)Cc2ccc(Cl)cc2)cc1)S(C)(=O)=O. The molecule has 0 aliphatic rings. The molecule has 7 heteroatoms. The number of halogens is 1. The average molecular weight is 471 g/mol. The lowest BCUT2D eigenvalue weighted by Gasteiger charge is -2.26. The van der Waals surface area contributed by atoms with Gasteiger partial charge in [0.05, 0.1) is 18.5 Å². The van der Waals surface area contributed by atoms with E-state index in [0.29, 0.717) is 22.8 Å². The minimum Gasteiger partial charge on any atom is -0.337 e. The highest BCUT2D eigenvalue weighted by Gasteiger charge is 2.21. The molecule has 0 bridgehead atoms. The van der Waals surface area contributed by atoms with Crippen molar-refractivity contribution in [2.24, 2.45) is 0 Å². The Labute approximate surface area is 195 Å². The molecule has 0 aliphatic carbocycles. The Hall–Kier alpha value is -2.83. The van der Waals surface area contributed by atoms with E-state index < -0.39 is 10.0 Å². The predicted octanol–water partition coefficient (Wildman–Crippen LogP) is 5.20. The zero-order valence-corrected chi connectivity index (χ0v) is 20.2. The van der Waals surface area contributed by atoms with Crippen LogP contribution < -0.4 is 4.31 Å². The Bertz CT molecular complexity index is 1190. The molecule has 0 saturated heterocycles. The van der Waals surface area contributed by atoms with Crippen LogP contribution in [0.3, 0.4) is 0 Å². The second-order valence-electron chi connectivity index (χ2n) is 7.99. The van der Waals surface area contributed by atoms with Crippen LogP contribution in [-0.4, -0.2) is 32.5 Å². The van der Waals surface area contributed by atoms with Crippen LogP contribution in [0.2, 0.25) is 5.02 Å². The number of sulfonamides is 1. The first-order chi connectivity index (χ1) is 15.1. The van der Waals surface area contributed by atoms with Gasteiger partial charge in [0.15, 0.2) is 0 Å². The van der Waals surface area contributed by atoms with E-state index in [9.17, 15) is 13.2 Å². The van der Waals surface area contributed by atoms with Gasteiger partial charge < -0.3 is 4.90 Å². The molecule has 0 aliphatic heterocycles. The molecule has 0 fully saturated rings. The summed E-state index contributed by atoms with van der Waals surface area (Å²) in [7, 11) is -1.74. The van der Waals surface area contributed by atoms with E-state index >= 15 is 0 Å². The van der Waals surface area contributed by atoms with Crippen LogP contribution in [0.5, 0.6) is 0 Å². The second-order valence-corrected chi connectivity index (χ2v) is 10.3. The lowest BCUT2D eigenvalue weighted by atomic mass is 10.1. The Kier molecular flexibility index (Phi) is 7.26. The number of amides is 1. The summed E-state index contributed by atoms with van der Waals surface area (Å²) in [5, 5.41) is 0.655. The number of anilines is 1. The van der Waals surface area contributed by atoms with E-state index in [0.717, 1.165) is 22.3 Å². The molecule has 0 radical (unpaired) electrons. The molecule has 0 spiro atoms. The van der Waals surface area contributed by atoms with Crippen molar-refractivity contribution in [3.05, 3.63) is 99.6 Å². The number of benzene rings is 3. The fraction of sp³-hybridized carbons (Fsp3) is 0.240. The number of nitrogens with zero attached hydrogens (tertiary/aromatic N) is 2. The Morgan fingerprint density at radius 2 is 1.34 bits per heavy atom. The molecule has 3 aromatic carbocycles. The second kappa shape index (κ2) is 9.76. The van der Waals surface area contributed by atoms with Crippen molar-refractivity contribution in [2.45, 2.75) is 26.9 Å². The van der Waals surface area contributed by atoms with E-state index in [-0.39, 0.29) is 12.5 Å². The highest BCUT2D eigenvalue weighted by atomic mass is 35.5. The van der Waals surface area contributed by atoms with Crippen LogP contribution in [0.4, 0.5) is 5.69 Å². The van der Waals surface area contributed by atoms with Crippen molar-refractivity contribution in [1.29, 1.82) is 0 Å². The molecular formula is C25H27ClN2O3S. The third-order valence-corrected chi connectivity index (χ3v) is 6.66. The summed E-state index contributed by atoms with van der Waals surface area (Å²) in [6.45, 7) is 4.46. The van der Waals surface area contributed by atoms with Gasteiger partial charge in [-0.15, -0.1) is 0 Å². The van der Waals surface area contributed by atoms with Crippen LogP contribution in [0, 0.1) is 13.8 Å². The van der Waals surface area contributed by atoms with Crippen LogP contribution >= 0.6 is 11.6 Å². The molecule has 0 aromatic heterocycles. The monoisotopic (exact) mass is 470 g/mol. The molecule has 0 saturated carbocycles. The summed E-state index contributed by atoms with van der Waals surface area (Å²) in [5.74, 6) is -0.110. The molecule has 0 N–H and O–H groups in total. The van der Waals surface area contributed by atoms with E-state index in [2.05, 4.69) is 0 Å². The van der Waals surface area contributed by atoms with Crippen LogP contribution in [0.25, 0.3) is 0 Å². The fourth-order valence-electron chi connectivity index (χ4n) is 3.64. The maximum Gasteiger partial charge on any atom is 0.253 e. The number of aryl methyl sites for hydroxylation is 2. The largest absolute Gasteiger partial charge is 0.337 e. The van der Waals surface area contributed by atoms with Gasteiger partial charge in [0, 0.05) is 24.2 Å². The molecule has 5 nitrogen and oxygen atoms in total. The lowest BCUT2D eigenvalue weighted by Crippen LogP contribution is -2.30. The van der Waals surface area contributed by atoms with Crippen molar-refractivity contribution in [1.82, 2.24) is 4.90 Å². The lowest BCUT2D eigenvalue weighted by molar-refractivity contribution is 0.0785. The molecule has 32 heavy (non-hydrogen) atoms. The summed E-state index contributed by atoms with van der Waals surface area (Å²) in [5.41, 5.74) is 4.81. The summed E-state index contributed by atoms with van der Waals surface area (Å²) >= 11 is 5.92. The minimum absolute atomic E-state index is 0.110. The smallest absolute Gasteiger partial charge is 0.253 e. The standard InChI is InChI=1S/C25H27ClN2O3S/c1-18-6-5-7-19(2)24(18)28(32(4,30)31)17-21-8-12-22(13-9-21)25(29)27(3)16-20-10-14-23(26)15-11-20/h5-15H,16-17H2,1-4H3. The molecule has 0 heterocycles. The first-order valence-electron chi connectivity index (χ1n) is 10.2. The number of carbonyl (C=O) groups is 1. The zero-order valence-electron chi connectivity index (χ0n) is 18.7. The van der Waals surface area contributed by atoms with Gasteiger partial charge in [0.2, 0.25) is 10.0 Å². The van der Waals surface area contributed by atoms with E-state index in [4.69, 9.17) is 11.6 Å². The molecule has 168 valence electrons. The normalized spacial score (nSPS) is 11.3. The third-order valence-electron chi connectivity index (χ3n) is 5.30. The summed E-state index contributed by atoms with van der Waals surface area (Å²) in [6, 6.07) is 20.2. The zero-order chi connectivity index (χ0) is 23.5. The number of carbonyl (C=O) groups excluding carboxylic acids is 1. The van der Waals surface area contributed by atoms with Crippen molar-refractivity contribution >= 4 is 33.2 Å². The number of para-hydroxylation sites is 1. The maximum absolute atomic E-state index is 12.8. The predicted molar refractivity (Wildman–Crippen MR) is 131 cm³/mol. The Morgan fingerprint density at radius 3 is 1.88 bits per heavy atom. The van der Waals surface area contributed by atoms with Gasteiger partial charge in [0.1, 0.15) is 0 Å². The van der Waals surface area contributed by atoms with Gasteiger partial charge in [-0.3, -0.25) is 9.10 Å². The number of hydrogen-bond donors (Lipinski definition) is 0. The third kappa shape index (κ3) is 5.69. The minimum atomic E-state index is -3.49. The van der Waals surface area contributed by atoms with Crippen molar-refractivity contribution < 1.29 is 13.2 Å². The van der Waals surface area contributed by atoms with E-state index in [1.54, 1.807) is 48.3 Å². The Balaban J connectivity index is 1.78. The molecule has 0 unspecified atom stereocenters. The number of hydrogen-bond acceptors (Lipinski definition) is 3. The molecule has 3 rings (SSSR count). The fourth-order valence-corrected chi connectivity index (χ4v) is 4.76. The van der Waals surface area contributed by atoms with E-state index in [1.165, 1.54) is 10.6 Å². The Morgan fingerprint density at radius 1 is 0.844 bits per heavy atom. The van der Waals surface area contributed by atoms with Crippen LogP contribution in [0.1, 0.15) is 32.6 Å². The van der Waals surface area contributed by atoms with Gasteiger partial charge in [-0.2, -0.15) is 0 Å². The summed E-state index contributed by atoms with van der Waals surface area (Å²) < 4.78 is 26.5. The van der Waals surface area contributed by atoms with Crippen molar-refractivity contribution in [2.75, 3.05) is 17.6 Å². The summed E-state index contributed by atoms with van der Waals surface area (Å²) in [4.78, 5) is 14.4. The molecule has 1 amide bonds. The first kappa shape index (κ1) is 23.8. The van der Waals surface area contributed by atoms with E-state index in [1.807, 2.05) is 44.2 Å². The van der Waals surface area contributed by atoms with Gasteiger partial charge in [-0.05, 0) is 60.4 Å². The molecular weight excluding hydrogens is 444 g/mol. The van der Waals surface area contributed by atoms with Gasteiger partial charge >= 0.3 is 0 Å². The highest BCUT2D eigenvalue weighted by molar-refractivity contribution is 7.92. The van der Waals surface area contributed by atoms with Crippen molar-refractivity contribution in [3.8, 4) is 0 Å². The van der Waals surface area contributed by atoms with Crippen molar-refractivity contribution in [3.63, 3.8) is 0 Å². The average Bonchev–Trinajstić information content (AvgIpc) is 2.73. The van der Waals surface area contributed by atoms with Gasteiger partial charge in [-0.25, -0.2) is 8.42 Å². The van der Waals surface area contributed by atoms with Gasteiger partial charge in [0.25, 0.3) is 5.91 Å². The van der Waals surface area contributed by atoms with Crippen LogP contribution in [0.15, 0.2) is 66.7 Å². The first-order valence-corrected chi connectivity index (χ1v) is 12.4. The highest BCUT2D eigenvalue weighted by Crippen LogP contribution is 2.28. The van der Waals surface area contributed by atoms with Crippen LogP contribution in [-0.2, 0) is 23.1 Å². The topological polar surface area (TPSA) is 57.7 Å². The molecule has 0 atom stereocenters. The number of rotatable bonds is 7. The maximum atomic E-state index is 12.8.